The number of hydrogen-bond donors (Lipinski definition) is 1. The van der Waals surface area contributed by atoms with Gasteiger partial charge in [0.2, 0.25) is 0 Å². The second-order valence-corrected chi connectivity index (χ2v) is 5.29. The topological polar surface area (TPSA) is 64.1 Å². The van der Waals surface area contributed by atoms with E-state index >= 15 is 0 Å². The number of hydrogen-bond acceptors (Lipinski definition) is 4. The Morgan fingerprint density at radius 2 is 1.70 bits per heavy atom. The number of amides is 1. The maximum absolute atomic E-state index is 11.6. The molecule has 5 heteroatoms. The summed E-state index contributed by atoms with van der Waals surface area (Å²) < 4.78 is 5.15. The molecule has 0 saturated heterocycles. The first kappa shape index (κ1) is 14.0. The summed E-state index contributed by atoms with van der Waals surface area (Å²) in [6, 6.07) is 9.63. The van der Waals surface area contributed by atoms with Crippen LogP contribution >= 0.6 is 0 Å². The molecule has 2 aromatic rings. The molecule has 0 aliphatic carbocycles. The van der Waals surface area contributed by atoms with Gasteiger partial charge in [-0.3, -0.25) is 5.32 Å². The number of nitrogens with zero attached hydrogens (tertiary/aromatic N) is 2. The first-order valence-corrected chi connectivity index (χ1v) is 6.31. The van der Waals surface area contributed by atoms with Gasteiger partial charge in [-0.15, -0.1) is 0 Å². The number of carbonyl (C=O) groups excluding carboxylic acids is 1. The molecule has 0 unspecified atom stereocenters. The molecular weight excluding hydrogens is 254 g/mol. The van der Waals surface area contributed by atoms with Crippen molar-refractivity contribution in [3.05, 3.63) is 42.7 Å². The maximum Gasteiger partial charge on any atom is 0.412 e. The van der Waals surface area contributed by atoms with Crippen molar-refractivity contribution < 1.29 is 9.53 Å². The lowest BCUT2D eigenvalue weighted by atomic mass is 10.2. The van der Waals surface area contributed by atoms with Gasteiger partial charge < -0.3 is 4.74 Å². The van der Waals surface area contributed by atoms with Gasteiger partial charge in [0.05, 0.1) is 18.1 Å². The van der Waals surface area contributed by atoms with Crippen LogP contribution in [0.1, 0.15) is 20.8 Å². The number of aromatic nitrogens is 2. The van der Waals surface area contributed by atoms with E-state index in [1.54, 1.807) is 12.4 Å². The van der Waals surface area contributed by atoms with Crippen molar-refractivity contribution in [3.8, 4) is 11.4 Å². The summed E-state index contributed by atoms with van der Waals surface area (Å²) >= 11 is 0. The Kier molecular flexibility index (Phi) is 3.98. The second-order valence-electron chi connectivity index (χ2n) is 5.29. The molecule has 1 aromatic heterocycles. The normalized spacial score (nSPS) is 10.9. The summed E-state index contributed by atoms with van der Waals surface area (Å²) in [5, 5.41) is 2.59. The minimum Gasteiger partial charge on any atom is -0.444 e. The lowest BCUT2D eigenvalue weighted by molar-refractivity contribution is 0.0636. The Balaban J connectivity index is 2.04. The molecule has 1 heterocycles. The monoisotopic (exact) mass is 271 g/mol. The molecule has 1 N–H and O–H groups in total. The Labute approximate surface area is 118 Å². The van der Waals surface area contributed by atoms with Gasteiger partial charge in [-0.1, -0.05) is 30.3 Å². The van der Waals surface area contributed by atoms with E-state index in [2.05, 4.69) is 15.3 Å². The van der Waals surface area contributed by atoms with E-state index in [4.69, 9.17) is 4.74 Å². The summed E-state index contributed by atoms with van der Waals surface area (Å²) in [5.41, 5.74) is 0.893. The standard InChI is InChI=1S/C15H17N3O2/c1-15(2,3)20-14(19)18-12-9-16-13(17-10-12)11-7-5-4-6-8-11/h4-10H,1-3H3,(H,18,19). The minimum atomic E-state index is -0.533. The molecule has 0 aliphatic heterocycles. The molecule has 0 bridgehead atoms. The summed E-state index contributed by atoms with van der Waals surface area (Å²) in [5.74, 6) is 0.611. The molecule has 2 rings (SSSR count). The molecule has 1 amide bonds. The maximum atomic E-state index is 11.6. The minimum absolute atomic E-state index is 0.499. The third kappa shape index (κ3) is 4.05. The van der Waals surface area contributed by atoms with Crippen LogP contribution in [0.4, 0.5) is 10.5 Å². The largest absolute Gasteiger partial charge is 0.444 e. The van der Waals surface area contributed by atoms with E-state index in [9.17, 15) is 4.79 Å². The van der Waals surface area contributed by atoms with Crippen LogP contribution < -0.4 is 5.32 Å². The van der Waals surface area contributed by atoms with Gasteiger partial charge in [-0.05, 0) is 20.8 Å². The van der Waals surface area contributed by atoms with Crippen LogP contribution in [0, 0.1) is 0 Å². The number of benzene rings is 1. The first-order chi connectivity index (χ1) is 9.44. The number of ether oxygens (including phenoxy) is 1. The van der Waals surface area contributed by atoms with Crippen molar-refractivity contribution >= 4 is 11.8 Å². The third-order valence-corrected chi connectivity index (χ3v) is 2.33. The van der Waals surface area contributed by atoms with Gasteiger partial charge >= 0.3 is 6.09 Å². The Hall–Kier alpha value is -2.43. The van der Waals surface area contributed by atoms with Gasteiger partial charge in [-0.2, -0.15) is 0 Å². The SMILES string of the molecule is CC(C)(C)OC(=O)Nc1cnc(-c2ccccc2)nc1. The average molecular weight is 271 g/mol. The summed E-state index contributed by atoms with van der Waals surface area (Å²) in [6.45, 7) is 5.42. The molecule has 0 radical (unpaired) electrons. The van der Waals surface area contributed by atoms with Gasteiger partial charge in [0.1, 0.15) is 5.60 Å². The number of carbonyl (C=O) groups is 1. The lowest BCUT2D eigenvalue weighted by Crippen LogP contribution is -2.27. The lowest BCUT2D eigenvalue weighted by Gasteiger charge is -2.19. The Morgan fingerprint density at radius 3 is 2.25 bits per heavy atom. The highest BCUT2D eigenvalue weighted by Crippen LogP contribution is 2.15. The Morgan fingerprint density at radius 1 is 1.10 bits per heavy atom. The molecule has 104 valence electrons. The van der Waals surface area contributed by atoms with E-state index in [1.165, 1.54) is 0 Å². The van der Waals surface area contributed by atoms with Crippen LogP contribution in [0.15, 0.2) is 42.7 Å². The van der Waals surface area contributed by atoms with Crippen LogP contribution in [0.25, 0.3) is 11.4 Å². The molecule has 0 aliphatic rings. The first-order valence-electron chi connectivity index (χ1n) is 6.31. The van der Waals surface area contributed by atoms with Gasteiger partial charge in [0.15, 0.2) is 5.82 Å². The molecule has 1 aromatic carbocycles. The van der Waals surface area contributed by atoms with Crippen molar-refractivity contribution in [2.75, 3.05) is 5.32 Å². The number of anilines is 1. The number of rotatable bonds is 2. The van der Waals surface area contributed by atoms with E-state index in [0.717, 1.165) is 5.56 Å². The van der Waals surface area contributed by atoms with E-state index < -0.39 is 11.7 Å². The molecule has 0 spiro atoms. The fraction of sp³-hybridized carbons (Fsp3) is 0.267. The fourth-order valence-corrected chi connectivity index (χ4v) is 1.55. The highest BCUT2D eigenvalue weighted by Gasteiger charge is 2.16. The van der Waals surface area contributed by atoms with Crippen LogP contribution in [0.2, 0.25) is 0 Å². The average Bonchev–Trinajstić information content (AvgIpc) is 2.38. The summed E-state index contributed by atoms with van der Waals surface area (Å²) in [4.78, 5) is 20.0. The van der Waals surface area contributed by atoms with Crippen LogP contribution in [0.5, 0.6) is 0 Å². The van der Waals surface area contributed by atoms with Crippen molar-refractivity contribution in [2.45, 2.75) is 26.4 Å². The molecule has 5 nitrogen and oxygen atoms in total. The number of nitrogens with one attached hydrogen (secondary N) is 1. The quantitative estimate of drug-likeness (QED) is 0.908. The predicted octanol–water partition coefficient (Wildman–Crippen LogP) is 3.49. The van der Waals surface area contributed by atoms with Crippen LogP contribution in [-0.2, 0) is 4.74 Å². The molecule has 0 fully saturated rings. The summed E-state index contributed by atoms with van der Waals surface area (Å²) in [6.07, 6.45) is 2.59. The van der Waals surface area contributed by atoms with Crippen molar-refractivity contribution in [3.63, 3.8) is 0 Å². The van der Waals surface area contributed by atoms with Crippen LogP contribution in [0.3, 0.4) is 0 Å². The van der Waals surface area contributed by atoms with Gasteiger partial charge in [-0.25, -0.2) is 14.8 Å². The smallest absolute Gasteiger partial charge is 0.412 e. The van der Waals surface area contributed by atoms with Crippen LogP contribution in [-0.4, -0.2) is 21.7 Å². The highest BCUT2D eigenvalue weighted by molar-refractivity contribution is 5.84. The van der Waals surface area contributed by atoms with E-state index in [0.29, 0.717) is 11.5 Å². The summed E-state index contributed by atoms with van der Waals surface area (Å²) in [7, 11) is 0. The van der Waals surface area contributed by atoms with Crippen molar-refractivity contribution in [1.29, 1.82) is 0 Å². The zero-order valence-corrected chi connectivity index (χ0v) is 11.8. The molecule has 20 heavy (non-hydrogen) atoms. The third-order valence-electron chi connectivity index (χ3n) is 2.33. The fourth-order valence-electron chi connectivity index (χ4n) is 1.55. The highest BCUT2D eigenvalue weighted by atomic mass is 16.6. The van der Waals surface area contributed by atoms with Crippen molar-refractivity contribution in [2.24, 2.45) is 0 Å². The van der Waals surface area contributed by atoms with E-state index in [1.807, 2.05) is 51.1 Å². The molecule has 0 atom stereocenters. The molecule has 0 saturated carbocycles. The molecular formula is C15H17N3O2. The van der Waals surface area contributed by atoms with E-state index in [-0.39, 0.29) is 0 Å². The van der Waals surface area contributed by atoms with Gasteiger partial charge in [0.25, 0.3) is 0 Å². The predicted molar refractivity (Wildman–Crippen MR) is 77.3 cm³/mol. The zero-order chi connectivity index (χ0) is 14.6. The van der Waals surface area contributed by atoms with Crippen molar-refractivity contribution in [1.82, 2.24) is 9.97 Å². The van der Waals surface area contributed by atoms with Gasteiger partial charge in [0, 0.05) is 5.56 Å². The Bertz CT molecular complexity index is 574. The zero-order valence-electron chi connectivity index (χ0n) is 11.8. The second kappa shape index (κ2) is 5.69.